The molecule has 0 radical (unpaired) electrons. The Labute approximate surface area is 130 Å². The van der Waals surface area contributed by atoms with Crippen molar-refractivity contribution in [1.82, 2.24) is 0 Å². The molecular weight excluding hydrogens is 312 g/mol. The molecule has 2 heterocycles. The fourth-order valence-corrected chi connectivity index (χ4v) is 16.7. The Morgan fingerprint density at radius 3 is 2.19 bits per heavy atom. The SMILES string of the molecule is C[Si](C)(C)C1=C[C@@H]2C=C[C@H]3[C@@H]4[C@]3([Si](C)(C)C)[C@H]1[C@H]2S4(=O)=O. The minimum absolute atomic E-state index is 0.0482. The lowest BCUT2D eigenvalue weighted by Gasteiger charge is -2.39. The van der Waals surface area contributed by atoms with Gasteiger partial charge in [0.1, 0.15) is 0 Å². The summed E-state index contributed by atoms with van der Waals surface area (Å²) in [7, 11) is -6.00. The average Bonchev–Trinajstić information content (AvgIpc) is 2.76. The van der Waals surface area contributed by atoms with Gasteiger partial charge in [0.2, 0.25) is 0 Å². The van der Waals surface area contributed by atoms with Crippen molar-refractivity contribution in [1.29, 1.82) is 0 Å². The normalized spacial score (nSPS) is 49.0. The molecule has 21 heavy (non-hydrogen) atoms. The molecule has 0 N–H and O–H groups in total. The van der Waals surface area contributed by atoms with Gasteiger partial charge in [-0.1, -0.05) is 62.7 Å². The Balaban J connectivity index is 2.01. The highest BCUT2D eigenvalue weighted by Crippen LogP contribution is 2.83. The maximum atomic E-state index is 13.2. The van der Waals surface area contributed by atoms with E-state index in [0.29, 0.717) is 11.8 Å². The molecule has 5 aliphatic rings. The first-order valence-electron chi connectivity index (χ1n) is 8.08. The Morgan fingerprint density at radius 1 is 1.05 bits per heavy atom. The van der Waals surface area contributed by atoms with Crippen LogP contribution in [-0.2, 0) is 9.84 Å². The highest BCUT2D eigenvalue weighted by atomic mass is 32.2. The van der Waals surface area contributed by atoms with Crippen molar-refractivity contribution in [3.8, 4) is 0 Å². The van der Waals surface area contributed by atoms with Gasteiger partial charge in [-0.25, -0.2) is 8.42 Å². The first kappa shape index (κ1) is 14.5. The maximum absolute atomic E-state index is 13.2. The molecule has 0 aromatic heterocycles. The minimum atomic E-state index is -2.96. The van der Waals surface area contributed by atoms with Crippen molar-refractivity contribution in [3.63, 3.8) is 0 Å². The molecule has 6 bridgehead atoms. The van der Waals surface area contributed by atoms with E-state index in [0.717, 1.165) is 0 Å². The summed E-state index contributed by atoms with van der Waals surface area (Å²) in [5.74, 6) is 0.825. The van der Waals surface area contributed by atoms with Gasteiger partial charge in [0.05, 0.1) is 26.6 Å². The Hall–Kier alpha value is -0.136. The lowest BCUT2D eigenvalue weighted by molar-refractivity contribution is 0.512. The Morgan fingerprint density at radius 2 is 1.67 bits per heavy atom. The fraction of sp³-hybridized carbons (Fsp3) is 0.750. The van der Waals surface area contributed by atoms with Gasteiger partial charge in [-0.2, -0.15) is 0 Å². The molecule has 0 unspecified atom stereocenters. The number of hydrogen-bond acceptors (Lipinski definition) is 2. The third kappa shape index (κ3) is 1.38. The van der Waals surface area contributed by atoms with Crippen molar-refractivity contribution in [2.24, 2.45) is 17.8 Å². The summed E-state index contributed by atoms with van der Waals surface area (Å²) >= 11 is 0. The largest absolute Gasteiger partial charge is 0.228 e. The fourth-order valence-electron chi connectivity index (χ4n) is 5.96. The van der Waals surface area contributed by atoms with Gasteiger partial charge in [-0.3, -0.25) is 0 Å². The summed E-state index contributed by atoms with van der Waals surface area (Å²) in [4.78, 5) is 0. The topological polar surface area (TPSA) is 34.1 Å². The molecule has 0 spiro atoms. The molecule has 1 saturated carbocycles. The first-order chi connectivity index (χ1) is 9.45. The smallest absolute Gasteiger partial charge is 0.158 e. The zero-order chi connectivity index (χ0) is 15.6. The van der Waals surface area contributed by atoms with E-state index in [-0.39, 0.29) is 21.5 Å². The van der Waals surface area contributed by atoms with Crippen LogP contribution in [-0.4, -0.2) is 35.1 Å². The van der Waals surface area contributed by atoms with Gasteiger partial charge in [-0.15, -0.1) is 0 Å². The lowest BCUT2D eigenvalue weighted by Crippen LogP contribution is -2.43. The van der Waals surface area contributed by atoms with Gasteiger partial charge >= 0.3 is 0 Å². The summed E-state index contributed by atoms with van der Waals surface area (Å²) < 4.78 is 26.3. The van der Waals surface area contributed by atoms with E-state index in [1.54, 1.807) is 5.20 Å². The van der Waals surface area contributed by atoms with Crippen molar-refractivity contribution in [2.75, 3.05) is 0 Å². The predicted molar refractivity (Wildman–Crippen MR) is 93.6 cm³/mol. The molecule has 0 aromatic rings. The van der Waals surface area contributed by atoms with Gasteiger partial charge in [0.25, 0.3) is 0 Å². The molecule has 0 amide bonds. The Bertz CT molecular complexity index is 693. The van der Waals surface area contributed by atoms with E-state index in [1.165, 1.54) is 0 Å². The molecule has 5 rings (SSSR count). The van der Waals surface area contributed by atoms with Crippen LogP contribution in [0.3, 0.4) is 0 Å². The monoisotopic (exact) mass is 338 g/mol. The van der Waals surface area contributed by atoms with Crippen molar-refractivity contribution < 1.29 is 8.42 Å². The highest BCUT2D eigenvalue weighted by molar-refractivity contribution is 7.93. The molecule has 3 aliphatic carbocycles. The Kier molecular flexibility index (Phi) is 2.42. The van der Waals surface area contributed by atoms with Crippen molar-refractivity contribution >= 4 is 26.0 Å². The third-order valence-corrected chi connectivity index (χ3v) is 15.3. The van der Waals surface area contributed by atoms with Gasteiger partial charge in [-0.05, 0) is 16.9 Å². The molecule has 5 heteroatoms. The number of rotatable bonds is 2. The molecule has 6 atom stereocenters. The summed E-state index contributed by atoms with van der Waals surface area (Å²) in [6, 6.07) is 0. The second-order valence-electron chi connectivity index (χ2n) is 9.49. The molecule has 0 aromatic carbocycles. The molecule has 116 valence electrons. The number of hydrogen-bond donors (Lipinski definition) is 0. The van der Waals surface area contributed by atoms with Crippen LogP contribution in [0.5, 0.6) is 0 Å². The predicted octanol–water partition coefficient (Wildman–Crippen LogP) is 3.48. The minimum Gasteiger partial charge on any atom is -0.228 e. The van der Waals surface area contributed by atoms with E-state index >= 15 is 0 Å². The van der Waals surface area contributed by atoms with Crippen LogP contribution in [0.4, 0.5) is 0 Å². The van der Waals surface area contributed by atoms with Gasteiger partial charge < -0.3 is 0 Å². The second kappa shape index (κ2) is 3.51. The molecular formula is C16H26O2SSi2. The van der Waals surface area contributed by atoms with Crippen LogP contribution >= 0.6 is 0 Å². The van der Waals surface area contributed by atoms with Crippen LogP contribution < -0.4 is 0 Å². The van der Waals surface area contributed by atoms with E-state index in [4.69, 9.17) is 0 Å². The highest BCUT2D eigenvalue weighted by Gasteiger charge is 2.86. The second-order valence-corrected chi connectivity index (χ2v) is 22.2. The van der Waals surface area contributed by atoms with Gasteiger partial charge in [0, 0.05) is 5.92 Å². The van der Waals surface area contributed by atoms with Crippen molar-refractivity contribution in [3.05, 3.63) is 23.4 Å². The van der Waals surface area contributed by atoms with E-state index in [1.807, 2.05) is 0 Å². The van der Waals surface area contributed by atoms with Gasteiger partial charge in [0.15, 0.2) is 9.84 Å². The maximum Gasteiger partial charge on any atom is 0.158 e. The van der Waals surface area contributed by atoms with Crippen molar-refractivity contribution in [2.45, 2.75) is 54.8 Å². The number of sulfone groups is 1. The summed E-state index contributed by atoms with van der Waals surface area (Å²) in [6.45, 7) is 14.3. The zero-order valence-corrected chi connectivity index (χ0v) is 16.7. The lowest BCUT2D eigenvalue weighted by atomic mass is 9.98. The molecule has 2 nitrogen and oxygen atoms in total. The van der Waals surface area contributed by atoms with Crippen LogP contribution in [0, 0.1) is 17.8 Å². The van der Waals surface area contributed by atoms with Crippen LogP contribution in [0.1, 0.15) is 0 Å². The standard InChI is InChI=1S/C16H26O2SSi2/c1-20(2,3)12-9-10-7-8-11-15-16(11,21(4,5)6)13(12)14(10)19(15,17)18/h7-11,13-15H,1-6H3/t10-,11-,13+,14-,15+,16+/m0/s1. The number of allylic oxidation sites excluding steroid dienone is 4. The van der Waals surface area contributed by atoms with Crippen LogP contribution in [0.25, 0.3) is 0 Å². The third-order valence-electron chi connectivity index (χ3n) is 6.61. The molecule has 1 saturated heterocycles. The summed E-state index contributed by atoms with van der Waals surface area (Å²) in [5, 5.41) is 1.50. The summed E-state index contributed by atoms with van der Waals surface area (Å²) in [6.07, 6.45) is 6.88. The van der Waals surface area contributed by atoms with E-state index < -0.39 is 26.0 Å². The summed E-state index contributed by atoms with van der Waals surface area (Å²) in [5.41, 5.74) is 0. The van der Waals surface area contributed by atoms with Crippen LogP contribution in [0.2, 0.25) is 44.3 Å². The van der Waals surface area contributed by atoms with Crippen LogP contribution in [0.15, 0.2) is 23.4 Å². The zero-order valence-electron chi connectivity index (χ0n) is 13.8. The first-order valence-corrected chi connectivity index (χ1v) is 16.7. The molecule has 2 aliphatic heterocycles. The molecule has 2 fully saturated rings. The van der Waals surface area contributed by atoms with E-state index in [2.05, 4.69) is 57.5 Å². The average molecular weight is 339 g/mol. The quantitative estimate of drug-likeness (QED) is 0.570. The van der Waals surface area contributed by atoms with E-state index in [9.17, 15) is 8.42 Å².